The van der Waals surface area contributed by atoms with Gasteiger partial charge in [-0.25, -0.2) is 4.79 Å². The summed E-state index contributed by atoms with van der Waals surface area (Å²) in [5.41, 5.74) is 0.783. The summed E-state index contributed by atoms with van der Waals surface area (Å²) in [5.74, 6) is -1.55. The molecule has 1 aliphatic rings. The van der Waals surface area contributed by atoms with Gasteiger partial charge in [-0.3, -0.25) is 9.59 Å². The van der Waals surface area contributed by atoms with Crippen LogP contribution in [0.3, 0.4) is 0 Å². The summed E-state index contributed by atoms with van der Waals surface area (Å²) in [6.45, 7) is 4.21. The Balaban J connectivity index is 2.16. The fourth-order valence-electron chi connectivity index (χ4n) is 2.42. The highest BCUT2D eigenvalue weighted by Crippen LogP contribution is 2.29. The van der Waals surface area contributed by atoms with Crippen LogP contribution in [0.5, 0.6) is 0 Å². The number of amides is 1. The molecule has 1 saturated heterocycles. The van der Waals surface area contributed by atoms with Crippen LogP contribution in [0, 0.1) is 5.92 Å². The smallest absolute Gasteiger partial charge is 0.339 e. The molecule has 0 aliphatic carbocycles. The van der Waals surface area contributed by atoms with Gasteiger partial charge in [0, 0.05) is 18.7 Å². The van der Waals surface area contributed by atoms with Crippen LogP contribution in [0.2, 0.25) is 5.02 Å². The topological polar surface area (TPSA) is 72.9 Å². The minimum Gasteiger partial charge on any atom is -0.466 e. The van der Waals surface area contributed by atoms with Gasteiger partial charge in [0.1, 0.15) is 0 Å². The number of hydrogen-bond acceptors (Lipinski definition) is 5. The molecule has 1 aromatic rings. The van der Waals surface area contributed by atoms with Crippen molar-refractivity contribution >= 4 is 35.1 Å². The number of carbonyl (C=O) groups is 3. The lowest BCUT2D eigenvalue weighted by Crippen LogP contribution is -2.26. The summed E-state index contributed by atoms with van der Waals surface area (Å²) >= 11 is 6.10. The van der Waals surface area contributed by atoms with E-state index >= 15 is 0 Å². The SMILES string of the molecule is CCOC(=O)c1ccc(N2CC(C(=O)OCC)CC2=O)cc1Cl. The molecule has 2 rings (SSSR count). The van der Waals surface area contributed by atoms with E-state index in [0.29, 0.717) is 5.69 Å². The van der Waals surface area contributed by atoms with Crippen molar-refractivity contribution in [3.8, 4) is 0 Å². The molecule has 1 amide bonds. The molecule has 1 fully saturated rings. The Bertz CT molecular complexity index is 631. The molecular weight excluding hydrogens is 322 g/mol. The second-order valence-electron chi connectivity index (χ2n) is 5.04. The number of rotatable bonds is 5. The van der Waals surface area contributed by atoms with Gasteiger partial charge in [0.05, 0.1) is 29.7 Å². The zero-order valence-corrected chi connectivity index (χ0v) is 13.8. The first-order valence-electron chi connectivity index (χ1n) is 7.41. The summed E-state index contributed by atoms with van der Waals surface area (Å²) in [7, 11) is 0. The van der Waals surface area contributed by atoms with Crippen molar-refractivity contribution < 1.29 is 23.9 Å². The highest BCUT2D eigenvalue weighted by molar-refractivity contribution is 6.34. The zero-order valence-electron chi connectivity index (χ0n) is 13.0. The van der Waals surface area contributed by atoms with E-state index in [1.165, 1.54) is 17.0 Å². The Morgan fingerprint density at radius 2 is 1.96 bits per heavy atom. The second kappa shape index (κ2) is 7.46. The largest absolute Gasteiger partial charge is 0.466 e. The third kappa shape index (κ3) is 3.82. The monoisotopic (exact) mass is 339 g/mol. The fraction of sp³-hybridized carbons (Fsp3) is 0.438. The first-order valence-corrected chi connectivity index (χ1v) is 7.79. The molecule has 124 valence electrons. The molecule has 1 aromatic carbocycles. The highest BCUT2D eigenvalue weighted by atomic mass is 35.5. The third-order valence-corrected chi connectivity index (χ3v) is 3.82. The molecule has 0 bridgehead atoms. The van der Waals surface area contributed by atoms with Crippen molar-refractivity contribution in [2.45, 2.75) is 20.3 Å². The Morgan fingerprint density at radius 1 is 1.26 bits per heavy atom. The standard InChI is InChI=1S/C16H18ClNO5/c1-3-22-15(20)10-7-14(19)18(9-10)11-5-6-12(13(17)8-11)16(21)23-4-2/h5-6,8,10H,3-4,7,9H2,1-2H3. The molecule has 0 saturated carbocycles. The van der Waals surface area contributed by atoms with Gasteiger partial charge in [0.15, 0.2) is 0 Å². The van der Waals surface area contributed by atoms with Crippen molar-refractivity contribution in [2.75, 3.05) is 24.7 Å². The normalized spacial score (nSPS) is 17.3. The van der Waals surface area contributed by atoms with Gasteiger partial charge in [-0.15, -0.1) is 0 Å². The molecular formula is C16H18ClNO5. The minimum absolute atomic E-state index is 0.107. The van der Waals surface area contributed by atoms with Crippen LogP contribution >= 0.6 is 11.6 Å². The van der Waals surface area contributed by atoms with E-state index < -0.39 is 11.9 Å². The number of hydrogen-bond donors (Lipinski definition) is 0. The van der Waals surface area contributed by atoms with E-state index in [1.54, 1.807) is 19.9 Å². The Labute approximate surface area is 139 Å². The number of nitrogens with zero attached hydrogens (tertiary/aromatic N) is 1. The number of carbonyl (C=O) groups excluding carboxylic acids is 3. The van der Waals surface area contributed by atoms with E-state index in [-0.39, 0.29) is 48.6 Å². The van der Waals surface area contributed by atoms with E-state index in [0.717, 1.165) is 0 Å². The summed E-state index contributed by atoms with van der Waals surface area (Å²) in [4.78, 5) is 37.1. The molecule has 1 unspecified atom stereocenters. The molecule has 23 heavy (non-hydrogen) atoms. The van der Waals surface area contributed by atoms with Gasteiger partial charge >= 0.3 is 11.9 Å². The van der Waals surface area contributed by atoms with Crippen LogP contribution in [-0.4, -0.2) is 37.6 Å². The van der Waals surface area contributed by atoms with Crippen LogP contribution in [0.15, 0.2) is 18.2 Å². The summed E-state index contributed by atoms with van der Waals surface area (Å²) < 4.78 is 9.86. The number of ether oxygens (including phenoxy) is 2. The maximum Gasteiger partial charge on any atom is 0.339 e. The second-order valence-corrected chi connectivity index (χ2v) is 5.45. The van der Waals surface area contributed by atoms with E-state index in [1.807, 2.05) is 0 Å². The first-order chi connectivity index (χ1) is 11.0. The van der Waals surface area contributed by atoms with Gasteiger partial charge in [0.2, 0.25) is 5.91 Å². The van der Waals surface area contributed by atoms with Crippen molar-refractivity contribution in [1.29, 1.82) is 0 Å². The van der Waals surface area contributed by atoms with E-state index in [9.17, 15) is 14.4 Å². The van der Waals surface area contributed by atoms with Crippen LogP contribution in [0.1, 0.15) is 30.6 Å². The summed E-state index contributed by atoms with van der Waals surface area (Å²) in [5, 5.41) is 0.202. The molecule has 6 nitrogen and oxygen atoms in total. The van der Waals surface area contributed by atoms with Crippen molar-refractivity contribution in [3.63, 3.8) is 0 Å². The molecule has 1 heterocycles. The average molecular weight is 340 g/mol. The molecule has 0 N–H and O–H groups in total. The van der Waals surface area contributed by atoms with E-state index in [4.69, 9.17) is 21.1 Å². The van der Waals surface area contributed by atoms with Crippen LogP contribution in [0.4, 0.5) is 5.69 Å². The fourth-order valence-corrected chi connectivity index (χ4v) is 2.67. The van der Waals surface area contributed by atoms with Crippen LogP contribution in [-0.2, 0) is 19.1 Å². The molecule has 0 spiro atoms. The first kappa shape index (κ1) is 17.3. The average Bonchev–Trinajstić information content (AvgIpc) is 2.89. The molecule has 1 atom stereocenters. The minimum atomic E-state index is -0.513. The number of anilines is 1. The summed E-state index contributed by atoms with van der Waals surface area (Å²) in [6.07, 6.45) is 0.107. The van der Waals surface area contributed by atoms with Crippen molar-refractivity contribution in [1.82, 2.24) is 0 Å². The zero-order chi connectivity index (χ0) is 17.0. The van der Waals surface area contributed by atoms with Crippen molar-refractivity contribution in [2.24, 2.45) is 5.92 Å². The predicted octanol–water partition coefficient (Wildman–Crippen LogP) is 2.43. The molecule has 1 aliphatic heterocycles. The number of esters is 2. The van der Waals surface area contributed by atoms with Gasteiger partial charge in [-0.1, -0.05) is 11.6 Å². The van der Waals surface area contributed by atoms with Crippen molar-refractivity contribution in [3.05, 3.63) is 28.8 Å². The van der Waals surface area contributed by atoms with Gasteiger partial charge in [0.25, 0.3) is 0 Å². The predicted molar refractivity (Wildman–Crippen MR) is 84.5 cm³/mol. The Kier molecular flexibility index (Phi) is 5.60. The van der Waals surface area contributed by atoms with Gasteiger partial charge in [-0.05, 0) is 32.0 Å². The van der Waals surface area contributed by atoms with Crippen LogP contribution in [0.25, 0.3) is 0 Å². The lowest BCUT2D eigenvalue weighted by molar-refractivity contribution is -0.147. The Hall–Kier alpha value is -2.08. The lowest BCUT2D eigenvalue weighted by atomic mass is 10.1. The molecule has 0 aromatic heterocycles. The van der Waals surface area contributed by atoms with E-state index in [2.05, 4.69) is 0 Å². The highest BCUT2D eigenvalue weighted by Gasteiger charge is 2.36. The third-order valence-electron chi connectivity index (χ3n) is 3.50. The molecule has 0 radical (unpaired) electrons. The molecule has 7 heteroatoms. The maximum atomic E-state index is 12.1. The number of benzene rings is 1. The lowest BCUT2D eigenvalue weighted by Gasteiger charge is -2.17. The van der Waals surface area contributed by atoms with Crippen LogP contribution < -0.4 is 4.90 Å². The number of halogens is 1. The maximum absolute atomic E-state index is 12.1. The van der Waals surface area contributed by atoms with Gasteiger partial charge in [-0.2, -0.15) is 0 Å². The van der Waals surface area contributed by atoms with Gasteiger partial charge < -0.3 is 14.4 Å². The Morgan fingerprint density at radius 3 is 2.57 bits per heavy atom. The quantitative estimate of drug-likeness (QED) is 0.770. The summed E-state index contributed by atoms with van der Waals surface area (Å²) in [6, 6.07) is 4.66.